The standard InChI is InChI=1S/C16H24IN/c1-11-7-8-14(9-12(11)2)16(18-3)13-5-4-6-15(17)10-13/h4-6,10-12,14,16,18H,7-9H2,1-3H3. The van der Waals surface area contributed by atoms with E-state index in [4.69, 9.17) is 0 Å². The molecule has 1 aromatic carbocycles. The van der Waals surface area contributed by atoms with Gasteiger partial charge in [0.1, 0.15) is 0 Å². The highest BCUT2D eigenvalue weighted by Crippen LogP contribution is 2.39. The van der Waals surface area contributed by atoms with Crippen molar-refractivity contribution in [1.82, 2.24) is 5.32 Å². The molecule has 0 heterocycles. The van der Waals surface area contributed by atoms with Gasteiger partial charge in [0.2, 0.25) is 0 Å². The molecule has 4 atom stereocenters. The number of halogens is 1. The summed E-state index contributed by atoms with van der Waals surface area (Å²) in [6, 6.07) is 9.46. The molecule has 0 aliphatic heterocycles. The van der Waals surface area contributed by atoms with Gasteiger partial charge in [-0.25, -0.2) is 0 Å². The quantitative estimate of drug-likeness (QED) is 0.778. The molecule has 100 valence electrons. The van der Waals surface area contributed by atoms with E-state index in [1.165, 1.54) is 28.4 Å². The Bertz CT molecular complexity index is 390. The highest BCUT2D eigenvalue weighted by molar-refractivity contribution is 14.1. The van der Waals surface area contributed by atoms with Crippen molar-refractivity contribution in [1.29, 1.82) is 0 Å². The highest BCUT2D eigenvalue weighted by Gasteiger charge is 2.30. The smallest absolute Gasteiger partial charge is 0.0346 e. The summed E-state index contributed by atoms with van der Waals surface area (Å²) in [5.74, 6) is 2.55. The number of hydrogen-bond donors (Lipinski definition) is 1. The molecule has 18 heavy (non-hydrogen) atoms. The van der Waals surface area contributed by atoms with Crippen molar-refractivity contribution < 1.29 is 0 Å². The van der Waals surface area contributed by atoms with Crippen LogP contribution in [0.1, 0.15) is 44.7 Å². The Kier molecular flexibility index (Phi) is 5.07. The van der Waals surface area contributed by atoms with Gasteiger partial charge in [0.05, 0.1) is 0 Å². The molecule has 0 spiro atoms. The van der Waals surface area contributed by atoms with E-state index in [1.807, 2.05) is 0 Å². The lowest BCUT2D eigenvalue weighted by Gasteiger charge is -2.37. The van der Waals surface area contributed by atoms with Crippen LogP contribution in [-0.4, -0.2) is 7.05 Å². The van der Waals surface area contributed by atoms with Crippen molar-refractivity contribution in [2.24, 2.45) is 17.8 Å². The van der Waals surface area contributed by atoms with Gasteiger partial charge in [0.15, 0.2) is 0 Å². The summed E-state index contributed by atoms with van der Waals surface area (Å²) in [5, 5.41) is 3.55. The minimum atomic E-state index is 0.523. The van der Waals surface area contributed by atoms with Crippen molar-refractivity contribution in [2.75, 3.05) is 7.05 Å². The third-order valence-corrected chi connectivity index (χ3v) is 5.30. The predicted molar refractivity (Wildman–Crippen MR) is 86.6 cm³/mol. The molecule has 0 saturated heterocycles. The van der Waals surface area contributed by atoms with Gasteiger partial charge in [-0.3, -0.25) is 0 Å². The molecule has 0 amide bonds. The Morgan fingerprint density at radius 3 is 2.61 bits per heavy atom. The van der Waals surface area contributed by atoms with Gasteiger partial charge in [-0.05, 0) is 77.9 Å². The number of hydrogen-bond acceptors (Lipinski definition) is 1. The maximum absolute atomic E-state index is 3.55. The van der Waals surface area contributed by atoms with Crippen LogP contribution in [-0.2, 0) is 0 Å². The number of rotatable bonds is 3. The molecule has 4 unspecified atom stereocenters. The molecule has 0 radical (unpaired) electrons. The zero-order valence-corrected chi connectivity index (χ0v) is 13.8. The van der Waals surface area contributed by atoms with Crippen LogP contribution in [0.5, 0.6) is 0 Å². The maximum atomic E-state index is 3.55. The Hall–Kier alpha value is -0.0900. The van der Waals surface area contributed by atoms with Crippen molar-refractivity contribution >= 4 is 22.6 Å². The largest absolute Gasteiger partial charge is 0.313 e. The van der Waals surface area contributed by atoms with Crippen LogP contribution in [0.4, 0.5) is 0 Å². The monoisotopic (exact) mass is 357 g/mol. The van der Waals surface area contributed by atoms with Crippen molar-refractivity contribution in [2.45, 2.75) is 39.2 Å². The van der Waals surface area contributed by atoms with E-state index in [-0.39, 0.29) is 0 Å². The van der Waals surface area contributed by atoms with Crippen molar-refractivity contribution in [3.63, 3.8) is 0 Å². The lowest BCUT2D eigenvalue weighted by molar-refractivity contribution is 0.174. The summed E-state index contributed by atoms with van der Waals surface area (Å²) in [5.41, 5.74) is 1.45. The van der Waals surface area contributed by atoms with Crippen LogP contribution in [0.3, 0.4) is 0 Å². The second kappa shape index (κ2) is 6.38. The molecular weight excluding hydrogens is 333 g/mol. The van der Waals surface area contributed by atoms with E-state index in [0.717, 1.165) is 17.8 Å². The Morgan fingerprint density at radius 1 is 1.22 bits per heavy atom. The van der Waals surface area contributed by atoms with Crippen molar-refractivity contribution in [3.8, 4) is 0 Å². The lowest BCUT2D eigenvalue weighted by atomic mass is 9.72. The molecule has 0 aromatic heterocycles. The molecule has 1 fully saturated rings. The van der Waals surface area contributed by atoms with Gasteiger partial charge in [-0.2, -0.15) is 0 Å². The number of nitrogens with one attached hydrogen (secondary N) is 1. The fourth-order valence-electron chi connectivity index (χ4n) is 3.27. The van der Waals surface area contributed by atoms with E-state index in [1.54, 1.807) is 0 Å². The predicted octanol–water partition coefficient (Wildman–Crippen LogP) is 4.62. The molecule has 1 aromatic rings. The van der Waals surface area contributed by atoms with Crippen LogP contribution in [0.25, 0.3) is 0 Å². The highest BCUT2D eigenvalue weighted by atomic mass is 127. The normalized spacial score (nSPS) is 30.1. The summed E-state index contributed by atoms with van der Waals surface area (Å²) in [7, 11) is 2.10. The molecule has 1 nitrogen and oxygen atoms in total. The third kappa shape index (κ3) is 3.27. The molecular formula is C16H24IN. The van der Waals surface area contributed by atoms with Gasteiger partial charge >= 0.3 is 0 Å². The molecule has 1 N–H and O–H groups in total. The molecule has 1 aliphatic rings. The first kappa shape index (κ1) is 14.3. The van der Waals surface area contributed by atoms with Crippen LogP contribution in [0.15, 0.2) is 24.3 Å². The third-order valence-electron chi connectivity index (χ3n) is 4.63. The summed E-state index contributed by atoms with van der Waals surface area (Å²) in [6.45, 7) is 4.82. The summed E-state index contributed by atoms with van der Waals surface area (Å²) in [6.07, 6.45) is 4.11. The molecule has 0 bridgehead atoms. The van der Waals surface area contributed by atoms with E-state index in [0.29, 0.717) is 6.04 Å². The Balaban J connectivity index is 2.14. The van der Waals surface area contributed by atoms with E-state index in [9.17, 15) is 0 Å². The first-order valence-electron chi connectivity index (χ1n) is 7.04. The molecule has 2 rings (SSSR count). The SMILES string of the molecule is CNC(c1cccc(I)c1)C1CCC(C)C(C)C1. The average molecular weight is 357 g/mol. The fraction of sp³-hybridized carbons (Fsp3) is 0.625. The lowest BCUT2D eigenvalue weighted by Crippen LogP contribution is -2.31. The summed E-state index contributed by atoms with van der Waals surface area (Å²) < 4.78 is 1.34. The van der Waals surface area contributed by atoms with Crippen LogP contribution in [0.2, 0.25) is 0 Å². The maximum Gasteiger partial charge on any atom is 0.0346 e. The summed E-state index contributed by atoms with van der Waals surface area (Å²) >= 11 is 2.41. The van der Waals surface area contributed by atoms with E-state index in [2.05, 4.69) is 73.1 Å². The van der Waals surface area contributed by atoms with E-state index >= 15 is 0 Å². The van der Waals surface area contributed by atoms with Crippen LogP contribution >= 0.6 is 22.6 Å². The van der Waals surface area contributed by atoms with Gasteiger partial charge in [0, 0.05) is 9.61 Å². The van der Waals surface area contributed by atoms with Crippen molar-refractivity contribution in [3.05, 3.63) is 33.4 Å². The summed E-state index contributed by atoms with van der Waals surface area (Å²) in [4.78, 5) is 0. The minimum absolute atomic E-state index is 0.523. The zero-order chi connectivity index (χ0) is 13.1. The first-order valence-corrected chi connectivity index (χ1v) is 8.12. The number of benzene rings is 1. The fourth-order valence-corrected chi connectivity index (χ4v) is 3.83. The van der Waals surface area contributed by atoms with Gasteiger partial charge < -0.3 is 5.32 Å². The van der Waals surface area contributed by atoms with Gasteiger partial charge in [-0.1, -0.05) is 32.4 Å². The van der Waals surface area contributed by atoms with Crippen LogP contribution < -0.4 is 5.32 Å². The van der Waals surface area contributed by atoms with E-state index < -0.39 is 0 Å². The molecule has 1 aliphatic carbocycles. The second-order valence-corrected chi connectivity index (χ2v) is 7.09. The van der Waals surface area contributed by atoms with Crippen LogP contribution in [0, 0.1) is 21.3 Å². The Labute approximate surface area is 125 Å². The second-order valence-electron chi connectivity index (χ2n) is 5.85. The topological polar surface area (TPSA) is 12.0 Å². The molecule has 1 saturated carbocycles. The zero-order valence-electron chi connectivity index (χ0n) is 11.6. The Morgan fingerprint density at radius 2 is 2.00 bits per heavy atom. The average Bonchev–Trinajstić information content (AvgIpc) is 2.35. The van der Waals surface area contributed by atoms with Gasteiger partial charge in [0.25, 0.3) is 0 Å². The first-order chi connectivity index (χ1) is 8.61. The minimum Gasteiger partial charge on any atom is -0.313 e. The molecule has 2 heteroatoms. The van der Waals surface area contributed by atoms with Gasteiger partial charge in [-0.15, -0.1) is 0 Å².